The van der Waals surface area contributed by atoms with Crippen molar-refractivity contribution in [2.24, 2.45) is 0 Å². The maximum absolute atomic E-state index is 8.73. The van der Waals surface area contributed by atoms with Gasteiger partial charge in [0, 0.05) is 47.1 Å². The Morgan fingerprint density at radius 2 is 1.09 bits per heavy atom. The van der Waals surface area contributed by atoms with E-state index in [-0.39, 0.29) is 29.7 Å². The number of furan rings is 1. The van der Waals surface area contributed by atoms with Crippen LogP contribution < -0.4 is 4.90 Å². The molecule has 0 atom stereocenters. The first kappa shape index (κ1) is 28.0. The Balaban J connectivity index is 1.15. The highest BCUT2D eigenvalue weighted by Gasteiger charge is 2.48. The first-order chi connectivity index (χ1) is 30.3. The third-order valence-corrected chi connectivity index (χ3v) is 13.8. The average Bonchev–Trinajstić information content (AvgIpc) is 3.70. The molecule has 57 heavy (non-hydrogen) atoms. The maximum atomic E-state index is 8.73. The minimum Gasteiger partial charge on any atom is -0.455 e. The molecule has 0 radical (unpaired) electrons. The van der Waals surface area contributed by atoms with Crippen LogP contribution in [-0.2, 0) is 5.41 Å². The molecule has 1 aromatic heterocycles. The third-order valence-electron chi connectivity index (χ3n) is 11.5. The fraction of sp³-hybridized carbons (Fsp3) is 0.0189. The Kier molecular flexibility index (Phi) is 6.28. The second kappa shape index (κ2) is 12.8. The molecule has 0 N–H and O–H groups in total. The van der Waals surface area contributed by atoms with Gasteiger partial charge in [-0.25, -0.2) is 0 Å². The topological polar surface area (TPSA) is 16.4 Å². The average molecular weight is 769 g/mol. The fourth-order valence-corrected chi connectivity index (χ4v) is 11.4. The molecular weight excluding hydrogens is 731 g/mol. The third kappa shape index (κ3) is 4.88. The van der Waals surface area contributed by atoms with Crippen molar-refractivity contribution < 1.29 is 11.3 Å². The van der Waals surface area contributed by atoms with Crippen LogP contribution in [0.3, 0.4) is 0 Å². The summed E-state index contributed by atoms with van der Waals surface area (Å²) in [6.07, 6.45) is 0. The van der Waals surface area contributed by atoms with Gasteiger partial charge in [0.15, 0.2) is 0 Å². The number of hydrogen-bond acceptors (Lipinski definition) is 4. The molecule has 2 aliphatic rings. The summed E-state index contributed by atoms with van der Waals surface area (Å²) < 4.78 is 49.1. The van der Waals surface area contributed by atoms with E-state index in [1.807, 2.05) is 54.2 Å². The number of benzene rings is 9. The molecule has 0 saturated carbocycles. The summed E-state index contributed by atoms with van der Waals surface area (Å²) in [5.41, 5.74) is 9.32. The SMILES string of the molecule is [2H]c1c([2H])c([2H])c(-c2ccc(N(c3ccc4c(c3)C3(c5ccccc5Sc5ccccc53)c3ccccc3S4)c3cccc4ccc5c6ccccc6oc5c34)cc2)c([2H])c1[2H]. The van der Waals surface area contributed by atoms with Gasteiger partial charge in [-0.1, -0.05) is 157 Å². The van der Waals surface area contributed by atoms with Crippen LogP contribution in [0.4, 0.5) is 17.1 Å². The zero-order valence-corrected chi connectivity index (χ0v) is 32.0. The van der Waals surface area contributed by atoms with Crippen molar-refractivity contribution in [1.82, 2.24) is 0 Å². The lowest BCUT2D eigenvalue weighted by Crippen LogP contribution is -2.36. The van der Waals surface area contributed by atoms with E-state index < -0.39 is 11.5 Å². The molecule has 0 saturated heterocycles. The Morgan fingerprint density at radius 3 is 1.79 bits per heavy atom. The lowest BCUT2D eigenvalue weighted by molar-refractivity contribution is 0.667. The largest absolute Gasteiger partial charge is 0.455 e. The van der Waals surface area contributed by atoms with Crippen LogP contribution in [0.25, 0.3) is 43.8 Å². The second-order valence-electron chi connectivity index (χ2n) is 14.4. The van der Waals surface area contributed by atoms with Crippen molar-refractivity contribution in [2.45, 2.75) is 25.0 Å². The van der Waals surface area contributed by atoms with E-state index in [0.717, 1.165) is 49.8 Å². The number of anilines is 3. The van der Waals surface area contributed by atoms with Crippen LogP contribution >= 0.6 is 23.5 Å². The highest BCUT2D eigenvalue weighted by Crippen LogP contribution is 2.62. The molecule has 9 aromatic carbocycles. The van der Waals surface area contributed by atoms with Gasteiger partial charge in [-0.3, -0.25) is 0 Å². The van der Waals surface area contributed by atoms with Crippen molar-refractivity contribution >= 4 is 73.3 Å². The Labute approximate surface area is 346 Å². The molecular formula is C53H33NOS2. The van der Waals surface area contributed by atoms with E-state index in [2.05, 4.69) is 132 Å². The van der Waals surface area contributed by atoms with Crippen LogP contribution in [0.5, 0.6) is 0 Å². The molecule has 10 aromatic rings. The second-order valence-corrected chi connectivity index (χ2v) is 16.6. The van der Waals surface area contributed by atoms with E-state index in [9.17, 15) is 0 Å². The smallest absolute Gasteiger partial charge is 0.145 e. The number of hydrogen-bond donors (Lipinski definition) is 0. The molecule has 268 valence electrons. The highest BCUT2D eigenvalue weighted by atomic mass is 32.2. The van der Waals surface area contributed by atoms with Crippen molar-refractivity contribution in [3.63, 3.8) is 0 Å². The molecule has 0 unspecified atom stereocenters. The predicted molar refractivity (Wildman–Crippen MR) is 238 cm³/mol. The van der Waals surface area contributed by atoms with Gasteiger partial charge in [0.2, 0.25) is 0 Å². The quantitative estimate of drug-likeness (QED) is 0.177. The van der Waals surface area contributed by atoms with Crippen molar-refractivity contribution in [1.29, 1.82) is 0 Å². The zero-order valence-electron chi connectivity index (χ0n) is 35.3. The van der Waals surface area contributed by atoms with Gasteiger partial charge >= 0.3 is 0 Å². The monoisotopic (exact) mass is 768 g/mol. The number of nitrogens with zero attached hydrogens (tertiary/aromatic N) is 1. The number of rotatable bonds is 4. The molecule has 3 heterocycles. The predicted octanol–water partition coefficient (Wildman–Crippen LogP) is 15.2. The lowest BCUT2D eigenvalue weighted by Gasteiger charge is -2.46. The fourth-order valence-electron chi connectivity index (χ4n) is 9.06. The number of fused-ring (bicyclic) bond motifs is 13. The van der Waals surface area contributed by atoms with Gasteiger partial charge in [-0.15, -0.1) is 0 Å². The molecule has 0 fully saturated rings. The number of para-hydroxylation sites is 1. The van der Waals surface area contributed by atoms with E-state index in [4.69, 9.17) is 11.3 Å². The van der Waals surface area contributed by atoms with Gasteiger partial charge < -0.3 is 9.32 Å². The van der Waals surface area contributed by atoms with Crippen molar-refractivity contribution in [3.05, 3.63) is 222 Å². The lowest BCUT2D eigenvalue weighted by atomic mass is 9.64. The van der Waals surface area contributed by atoms with E-state index in [0.29, 0.717) is 5.56 Å². The van der Waals surface area contributed by atoms with Crippen molar-refractivity contribution in [2.75, 3.05) is 4.90 Å². The summed E-state index contributed by atoms with van der Waals surface area (Å²) in [5, 5.41) is 4.07. The summed E-state index contributed by atoms with van der Waals surface area (Å²) in [5.74, 6) is 0. The van der Waals surface area contributed by atoms with Crippen LogP contribution in [0.2, 0.25) is 0 Å². The van der Waals surface area contributed by atoms with Gasteiger partial charge in [-0.05, 0) is 105 Å². The van der Waals surface area contributed by atoms with Gasteiger partial charge in [0.1, 0.15) is 11.2 Å². The van der Waals surface area contributed by atoms with Crippen LogP contribution in [0.1, 0.15) is 29.1 Å². The summed E-state index contributed by atoms with van der Waals surface area (Å²) in [6.45, 7) is 0. The minimum atomic E-state index is -0.618. The highest BCUT2D eigenvalue weighted by molar-refractivity contribution is 8.00. The Hall–Kier alpha value is -6.46. The summed E-state index contributed by atoms with van der Waals surface area (Å²) in [7, 11) is 0. The molecule has 1 spiro atoms. The van der Waals surface area contributed by atoms with E-state index in [1.165, 1.54) is 41.8 Å². The maximum Gasteiger partial charge on any atom is 0.145 e. The zero-order chi connectivity index (χ0) is 41.9. The minimum absolute atomic E-state index is 0.169. The first-order valence-corrected chi connectivity index (χ1v) is 20.6. The van der Waals surface area contributed by atoms with Gasteiger partial charge in [0.25, 0.3) is 0 Å². The first-order valence-electron chi connectivity index (χ1n) is 21.4. The molecule has 4 heteroatoms. The summed E-state index contributed by atoms with van der Waals surface area (Å²) in [6, 6.07) is 58.1. The van der Waals surface area contributed by atoms with Crippen molar-refractivity contribution in [3.8, 4) is 11.1 Å². The Morgan fingerprint density at radius 1 is 0.474 bits per heavy atom. The van der Waals surface area contributed by atoms with Crippen LogP contribution in [0, 0.1) is 0 Å². The normalized spacial score (nSPS) is 14.8. The molecule has 12 rings (SSSR count). The molecule has 0 bridgehead atoms. The molecule has 2 nitrogen and oxygen atoms in total. The standard InChI is InChI=1S/C53H33NOS2/c1-2-13-34(14-3-1)35-25-28-37(29-26-35)54(45-20-12-15-36-27-31-40-39-16-4-8-21-46(39)55-52(40)51(36)45)38-30-32-50-44(33-38)53(43-19-7-11-24-49(43)57-50)41-17-5-9-22-47(41)56-48-23-10-6-18-42(48)53/h1-33H/i1D,2D,3D,13D,14D. The summed E-state index contributed by atoms with van der Waals surface area (Å²) >= 11 is 3.63. The molecule has 2 aliphatic heterocycles. The molecule has 0 aliphatic carbocycles. The van der Waals surface area contributed by atoms with Crippen LogP contribution in [0.15, 0.2) is 224 Å². The van der Waals surface area contributed by atoms with Gasteiger partial charge in [-0.2, -0.15) is 0 Å². The van der Waals surface area contributed by atoms with E-state index in [1.54, 1.807) is 11.8 Å². The van der Waals surface area contributed by atoms with Crippen LogP contribution in [-0.4, -0.2) is 0 Å². The molecule has 0 amide bonds. The summed E-state index contributed by atoms with van der Waals surface area (Å²) in [4.78, 5) is 7.13. The van der Waals surface area contributed by atoms with Gasteiger partial charge in [0.05, 0.1) is 18.0 Å². The van der Waals surface area contributed by atoms with E-state index >= 15 is 0 Å². The Bertz CT molecular complexity index is 3380.